The van der Waals surface area contributed by atoms with Crippen molar-refractivity contribution in [2.24, 2.45) is 10.9 Å². The number of nitrogens with zero attached hydrogens (tertiary/aromatic N) is 3. The summed E-state index contributed by atoms with van der Waals surface area (Å²) in [5, 5.41) is 14.6. The first-order valence-electron chi connectivity index (χ1n) is 5.42. The molecule has 0 spiro atoms. The van der Waals surface area contributed by atoms with E-state index in [-0.39, 0.29) is 11.3 Å². The molecule has 6 heteroatoms. The van der Waals surface area contributed by atoms with Gasteiger partial charge in [-0.1, -0.05) is 25.9 Å². The van der Waals surface area contributed by atoms with Crippen LogP contribution >= 0.6 is 11.3 Å². The van der Waals surface area contributed by atoms with E-state index in [9.17, 15) is 0 Å². The van der Waals surface area contributed by atoms with Gasteiger partial charge in [0.25, 0.3) is 0 Å². The molecule has 3 N–H and O–H groups in total. The molecule has 96 valence electrons. The van der Waals surface area contributed by atoms with Crippen LogP contribution in [0.5, 0.6) is 0 Å². The summed E-state index contributed by atoms with van der Waals surface area (Å²) in [4.78, 5) is 6.55. The van der Waals surface area contributed by atoms with Gasteiger partial charge >= 0.3 is 0 Å². The first-order chi connectivity index (χ1) is 7.82. The van der Waals surface area contributed by atoms with Crippen molar-refractivity contribution in [2.45, 2.75) is 32.7 Å². The SMILES string of the molecule is CN(CC(N)=NO)Cc1nc(C(C)(C)C)cs1. The standard InChI is InChI=1S/C11H20N4OS/c1-11(2,3)8-7-17-10(13-8)6-15(4)5-9(12)14-16/h7,16H,5-6H2,1-4H3,(H2,12,14). The summed E-state index contributed by atoms with van der Waals surface area (Å²) in [6, 6.07) is 0. The summed E-state index contributed by atoms with van der Waals surface area (Å²) in [5.41, 5.74) is 6.63. The maximum absolute atomic E-state index is 8.48. The Kier molecular flexibility index (Phi) is 4.47. The highest BCUT2D eigenvalue weighted by Gasteiger charge is 2.17. The van der Waals surface area contributed by atoms with Gasteiger partial charge in [0, 0.05) is 10.8 Å². The van der Waals surface area contributed by atoms with Crippen LogP contribution in [0.2, 0.25) is 0 Å². The normalized spacial score (nSPS) is 13.4. The summed E-state index contributed by atoms with van der Waals surface area (Å²) < 4.78 is 0. The van der Waals surface area contributed by atoms with Crippen LogP contribution in [0, 0.1) is 0 Å². The Morgan fingerprint density at radius 2 is 2.24 bits per heavy atom. The van der Waals surface area contributed by atoms with E-state index < -0.39 is 0 Å². The summed E-state index contributed by atoms with van der Waals surface area (Å²) in [6.45, 7) is 7.57. The lowest BCUT2D eigenvalue weighted by atomic mass is 9.93. The van der Waals surface area contributed by atoms with Gasteiger partial charge in [0.2, 0.25) is 0 Å². The molecule has 0 aliphatic carbocycles. The van der Waals surface area contributed by atoms with Crippen molar-refractivity contribution in [3.8, 4) is 0 Å². The quantitative estimate of drug-likeness (QED) is 0.371. The Morgan fingerprint density at radius 1 is 1.59 bits per heavy atom. The summed E-state index contributed by atoms with van der Waals surface area (Å²) in [6.07, 6.45) is 0. The smallest absolute Gasteiger partial charge is 0.153 e. The fourth-order valence-corrected chi connectivity index (χ4v) is 2.42. The van der Waals surface area contributed by atoms with Crippen molar-refractivity contribution in [3.63, 3.8) is 0 Å². The Bertz CT molecular complexity index is 394. The molecule has 5 nitrogen and oxygen atoms in total. The van der Waals surface area contributed by atoms with Crippen LogP contribution in [0.25, 0.3) is 0 Å². The Morgan fingerprint density at radius 3 is 2.71 bits per heavy atom. The number of likely N-dealkylation sites (N-methyl/N-ethyl adjacent to an activating group) is 1. The lowest BCUT2D eigenvalue weighted by Gasteiger charge is -2.15. The van der Waals surface area contributed by atoms with E-state index in [1.165, 1.54) is 0 Å². The van der Waals surface area contributed by atoms with Gasteiger partial charge in [-0.05, 0) is 7.05 Å². The molecule has 0 radical (unpaired) electrons. The number of thiazole rings is 1. The maximum Gasteiger partial charge on any atom is 0.153 e. The average Bonchev–Trinajstić information content (AvgIpc) is 2.65. The predicted octanol–water partition coefficient (Wildman–Crippen LogP) is 1.62. The minimum Gasteiger partial charge on any atom is -0.409 e. The number of oxime groups is 1. The van der Waals surface area contributed by atoms with Gasteiger partial charge in [-0.2, -0.15) is 0 Å². The summed E-state index contributed by atoms with van der Waals surface area (Å²) >= 11 is 1.64. The third-order valence-corrected chi connectivity index (χ3v) is 3.12. The molecule has 1 rings (SSSR count). The van der Waals surface area contributed by atoms with Crippen LogP contribution in [-0.2, 0) is 12.0 Å². The topological polar surface area (TPSA) is 74.7 Å². The molecule has 0 saturated heterocycles. The molecule has 0 atom stereocenters. The Labute approximate surface area is 106 Å². The number of rotatable bonds is 4. The van der Waals surface area contributed by atoms with Crippen molar-refractivity contribution >= 4 is 17.2 Å². The van der Waals surface area contributed by atoms with Crippen LogP contribution in [0.4, 0.5) is 0 Å². The van der Waals surface area contributed by atoms with Gasteiger partial charge in [0.05, 0.1) is 18.8 Å². The van der Waals surface area contributed by atoms with E-state index in [1.54, 1.807) is 11.3 Å². The maximum atomic E-state index is 8.48. The third kappa shape index (κ3) is 4.32. The van der Waals surface area contributed by atoms with E-state index in [0.29, 0.717) is 13.1 Å². The van der Waals surface area contributed by atoms with Crippen molar-refractivity contribution in [2.75, 3.05) is 13.6 Å². The van der Waals surface area contributed by atoms with E-state index in [4.69, 9.17) is 10.9 Å². The lowest BCUT2D eigenvalue weighted by Crippen LogP contribution is -2.30. The fourth-order valence-electron chi connectivity index (χ4n) is 1.32. The monoisotopic (exact) mass is 256 g/mol. The molecular weight excluding hydrogens is 236 g/mol. The van der Waals surface area contributed by atoms with Crippen molar-refractivity contribution in [3.05, 3.63) is 16.1 Å². The molecule has 0 aromatic carbocycles. The molecule has 1 heterocycles. The van der Waals surface area contributed by atoms with Gasteiger partial charge in [-0.25, -0.2) is 4.98 Å². The van der Waals surface area contributed by atoms with Crippen LogP contribution < -0.4 is 5.73 Å². The molecule has 1 aromatic rings. The summed E-state index contributed by atoms with van der Waals surface area (Å²) in [5.74, 6) is 0.208. The number of hydrogen-bond donors (Lipinski definition) is 2. The van der Waals surface area contributed by atoms with Gasteiger partial charge in [0.15, 0.2) is 5.84 Å². The highest BCUT2D eigenvalue weighted by Crippen LogP contribution is 2.24. The molecule has 0 aliphatic rings. The lowest BCUT2D eigenvalue weighted by molar-refractivity contribution is 0.308. The second-order valence-corrected chi connectivity index (χ2v) is 6.08. The van der Waals surface area contributed by atoms with E-state index in [1.807, 2.05) is 11.9 Å². The number of hydrogen-bond acceptors (Lipinski definition) is 5. The second kappa shape index (κ2) is 5.46. The molecule has 0 amide bonds. The van der Waals surface area contributed by atoms with Gasteiger partial charge in [-0.15, -0.1) is 11.3 Å². The fraction of sp³-hybridized carbons (Fsp3) is 0.636. The number of aromatic nitrogens is 1. The molecule has 0 fully saturated rings. The highest BCUT2D eigenvalue weighted by molar-refractivity contribution is 7.09. The zero-order valence-corrected chi connectivity index (χ0v) is 11.6. The average molecular weight is 256 g/mol. The zero-order chi connectivity index (χ0) is 13.1. The Balaban J connectivity index is 2.61. The van der Waals surface area contributed by atoms with Gasteiger partial charge in [0.1, 0.15) is 5.01 Å². The Hall–Kier alpha value is -1.14. The molecule has 0 unspecified atom stereocenters. The molecule has 0 saturated carbocycles. The highest BCUT2D eigenvalue weighted by atomic mass is 32.1. The first-order valence-corrected chi connectivity index (χ1v) is 6.30. The molecule has 1 aromatic heterocycles. The zero-order valence-electron chi connectivity index (χ0n) is 10.8. The number of amidine groups is 1. The largest absolute Gasteiger partial charge is 0.409 e. The number of nitrogens with two attached hydrogens (primary N) is 1. The molecular formula is C11H20N4OS. The van der Waals surface area contributed by atoms with Crippen LogP contribution in [0.3, 0.4) is 0 Å². The van der Waals surface area contributed by atoms with Crippen molar-refractivity contribution in [1.29, 1.82) is 0 Å². The van der Waals surface area contributed by atoms with Gasteiger partial charge < -0.3 is 10.9 Å². The van der Waals surface area contributed by atoms with Crippen LogP contribution in [0.1, 0.15) is 31.5 Å². The molecule has 0 bridgehead atoms. The second-order valence-electron chi connectivity index (χ2n) is 5.14. The first kappa shape index (κ1) is 13.9. The third-order valence-electron chi connectivity index (χ3n) is 2.29. The van der Waals surface area contributed by atoms with E-state index in [2.05, 4.69) is 36.3 Å². The van der Waals surface area contributed by atoms with E-state index >= 15 is 0 Å². The minimum absolute atomic E-state index is 0.0822. The van der Waals surface area contributed by atoms with Gasteiger partial charge in [-0.3, -0.25) is 4.90 Å². The van der Waals surface area contributed by atoms with Crippen LogP contribution in [0.15, 0.2) is 10.5 Å². The van der Waals surface area contributed by atoms with Crippen molar-refractivity contribution < 1.29 is 5.21 Å². The van der Waals surface area contributed by atoms with Crippen molar-refractivity contribution in [1.82, 2.24) is 9.88 Å². The molecule has 0 aliphatic heterocycles. The molecule has 17 heavy (non-hydrogen) atoms. The van der Waals surface area contributed by atoms with Crippen LogP contribution in [-0.4, -0.2) is 34.5 Å². The van der Waals surface area contributed by atoms with E-state index in [0.717, 1.165) is 10.7 Å². The summed E-state index contributed by atoms with van der Waals surface area (Å²) in [7, 11) is 1.91. The predicted molar refractivity (Wildman–Crippen MR) is 70.6 cm³/mol. The minimum atomic E-state index is 0.0822.